The minimum absolute atomic E-state index is 0.352. The van der Waals surface area contributed by atoms with Crippen LogP contribution in [0.15, 0.2) is 64.7 Å². The first-order valence-electron chi connectivity index (χ1n) is 7.04. The molecule has 0 spiro atoms. The number of allylic oxidation sites excluding steroid dienone is 1. The van der Waals surface area contributed by atoms with E-state index in [9.17, 15) is 0 Å². The summed E-state index contributed by atoms with van der Waals surface area (Å²) in [6, 6.07) is 17.1. The summed E-state index contributed by atoms with van der Waals surface area (Å²) >= 11 is 17.7. The number of H-pyrrole nitrogens is 1. The van der Waals surface area contributed by atoms with Gasteiger partial charge in [0.25, 0.3) is 0 Å². The van der Waals surface area contributed by atoms with Crippen molar-refractivity contribution in [2.75, 3.05) is 0 Å². The zero-order valence-electron chi connectivity index (χ0n) is 12.4. The number of aromatic nitrogens is 3. The Labute approximate surface area is 154 Å². The van der Waals surface area contributed by atoms with E-state index in [0.29, 0.717) is 20.7 Å². The maximum absolute atomic E-state index is 6.22. The molecule has 0 amide bonds. The molecule has 24 heavy (non-hydrogen) atoms. The second kappa shape index (κ2) is 7.57. The van der Waals surface area contributed by atoms with Crippen LogP contribution in [-0.2, 0) is 0 Å². The minimum Gasteiger partial charge on any atom is -0.250 e. The van der Waals surface area contributed by atoms with E-state index in [4.69, 9.17) is 35.4 Å². The average Bonchev–Trinajstić information content (AvgIpc) is 2.95. The third-order valence-electron chi connectivity index (χ3n) is 3.17. The lowest BCUT2D eigenvalue weighted by molar-refractivity contribution is 0.872. The van der Waals surface area contributed by atoms with E-state index in [0.717, 1.165) is 11.1 Å². The molecule has 3 rings (SSSR count). The fraction of sp³-hybridized carbons (Fsp3) is 0. The van der Waals surface area contributed by atoms with Gasteiger partial charge >= 0.3 is 0 Å². The van der Waals surface area contributed by atoms with E-state index in [1.807, 2.05) is 54.6 Å². The van der Waals surface area contributed by atoms with Crippen molar-refractivity contribution < 1.29 is 0 Å². The maximum Gasteiger partial charge on any atom is 0.216 e. The summed E-state index contributed by atoms with van der Waals surface area (Å²) < 4.78 is 1.84. The summed E-state index contributed by atoms with van der Waals surface area (Å²) in [6.07, 6.45) is 3.32. The second-order valence-corrected chi connectivity index (χ2v) is 6.06. The van der Waals surface area contributed by atoms with Crippen molar-refractivity contribution in [2.24, 2.45) is 5.10 Å². The Morgan fingerprint density at radius 1 is 1.12 bits per heavy atom. The molecule has 1 heterocycles. The number of hydrogen-bond acceptors (Lipinski definition) is 3. The number of nitrogens with one attached hydrogen (secondary N) is 1. The Bertz CT molecular complexity index is 958. The Hall–Kier alpha value is -2.21. The lowest BCUT2D eigenvalue weighted by Gasteiger charge is -2.02. The topological polar surface area (TPSA) is 46.0 Å². The lowest BCUT2D eigenvalue weighted by atomic mass is 10.2. The highest BCUT2D eigenvalue weighted by molar-refractivity contribution is 7.71. The van der Waals surface area contributed by atoms with Crippen molar-refractivity contribution >= 4 is 47.7 Å². The van der Waals surface area contributed by atoms with Gasteiger partial charge in [-0.05, 0) is 36.0 Å². The van der Waals surface area contributed by atoms with Crippen LogP contribution in [0.5, 0.6) is 0 Å². The van der Waals surface area contributed by atoms with Gasteiger partial charge in [-0.15, -0.1) is 0 Å². The SMILES string of the molecule is S=c1[nH]nc(-c2ccccc2Cl)n1/N=C/C(Cl)=C/c1ccccc1. The van der Waals surface area contributed by atoms with Crippen LogP contribution in [0.3, 0.4) is 0 Å². The Balaban J connectivity index is 1.94. The van der Waals surface area contributed by atoms with Crippen molar-refractivity contribution in [2.45, 2.75) is 0 Å². The monoisotopic (exact) mass is 374 g/mol. The summed E-state index contributed by atoms with van der Waals surface area (Å²) in [7, 11) is 0. The normalized spacial score (nSPS) is 12.0. The van der Waals surface area contributed by atoms with Gasteiger partial charge in [0, 0.05) is 5.56 Å². The molecule has 0 saturated heterocycles. The largest absolute Gasteiger partial charge is 0.250 e. The summed E-state index contributed by atoms with van der Waals surface area (Å²) in [4.78, 5) is 0. The van der Waals surface area contributed by atoms with Crippen LogP contribution in [0, 0.1) is 4.77 Å². The van der Waals surface area contributed by atoms with Crippen molar-refractivity contribution in [3.8, 4) is 11.4 Å². The number of benzene rings is 2. The molecule has 3 aromatic rings. The molecule has 1 N–H and O–H groups in total. The average molecular weight is 375 g/mol. The molecular formula is C17H12Cl2N4S. The van der Waals surface area contributed by atoms with Crippen molar-refractivity contribution in [3.05, 3.63) is 75.0 Å². The van der Waals surface area contributed by atoms with Gasteiger partial charge in [-0.25, -0.2) is 5.10 Å². The molecule has 0 bridgehead atoms. The van der Waals surface area contributed by atoms with Gasteiger partial charge < -0.3 is 0 Å². The summed E-state index contributed by atoms with van der Waals surface area (Å²) in [6.45, 7) is 0. The minimum atomic E-state index is 0.352. The Morgan fingerprint density at radius 2 is 1.83 bits per heavy atom. The number of halogens is 2. The van der Waals surface area contributed by atoms with Gasteiger partial charge in [0.1, 0.15) is 0 Å². The fourth-order valence-corrected chi connectivity index (χ4v) is 2.64. The van der Waals surface area contributed by atoms with Gasteiger partial charge in [0.05, 0.1) is 16.3 Å². The van der Waals surface area contributed by atoms with Crippen molar-refractivity contribution in [1.82, 2.24) is 14.9 Å². The molecule has 120 valence electrons. The van der Waals surface area contributed by atoms with E-state index >= 15 is 0 Å². The van der Waals surface area contributed by atoms with Gasteiger partial charge in [-0.1, -0.05) is 65.7 Å². The summed E-state index contributed by atoms with van der Waals surface area (Å²) in [5.74, 6) is 0.519. The molecule has 0 aliphatic carbocycles. The predicted octanol–water partition coefficient (Wildman–Crippen LogP) is 5.37. The maximum atomic E-state index is 6.22. The molecule has 0 fully saturated rings. The van der Waals surface area contributed by atoms with Crippen molar-refractivity contribution in [3.63, 3.8) is 0 Å². The zero-order valence-corrected chi connectivity index (χ0v) is 14.7. The predicted molar refractivity (Wildman–Crippen MR) is 102 cm³/mol. The van der Waals surface area contributed by atoms with E-state index in [2.05, 4.69) is 15.3 Å². The van der Waals surface area contributed by atoms with Crippen LogP contribution in [-0.4, -0.2) is 21.1 Å². The van der Waals surface area contributed by atoms with Crippen LogP contribution in [0.25, 0.3) is 17.5 Å². The first kappa shape index (κ1) is 16.6. The van der Waals surface area contributed by atoms with Crippen LogP contribution >= 0.6 is 35.4 Å². The van der Waals surface area contributed by atoms with Gasteiger partial charge in [0.2, 0.25) is 4.77 Å². The summed E-state index contributed by atoms with van der Waals surface area (Å²) in [5, 5.41) is 12.3. The van der Waals surface area contributed by atoms with E-state index < -0.39 is 0 Å². The molecule has 0 radical (unpaired) electrons. The highest BCUT2D eigenvalue weighted by atomic mass is 35.5. The standard InChI is InChI=1S/C17H12Cl2N4S/c18-13(10-12-6-2-1-3-7-12)11-20-23-16(21-22-17(23)24)14-8-4-5-9-15(14)19/h1-11H,(H,22,24)/b13-10-,20-11+. The fourth-order valence-electron chi connectivity index (χ4n) is 2.07. The molecule has 0 atom stereocenters. The van der Waals surface area contributed by atoms with Crippen LogP contribution in [0.2, 0.25) is 5.02 Å². The van der Waals surface area contributed by atoms with E-state index in [1.54, 1.807) is 6.07 Å². The van der Waals surface area contributed by atoms with Crippen LogP contribution < -0.4 is 0 Å². The number of hydrogen-bond donors (Lipinski definition) is 1. The van der Waals surface area contributed by atoms with Gasteiger partial charge in [0.15, 0.2) is 5.82 Å². The van der Waals surface area contributed by atoms with Crippen LogP contribution in [0.4, 0.5) is 0 Å². The first-order chi connectivity index (χ1) is 11.6. The molecule has 0 aliphatic rings. The quantitative estimate of drug-likeness (QED) is 0.492. The molecule has 0 aliphatic heterocycles. The molecule has 1 aromatic heterocycles. The Morgan fingerprint density at radius 3 is 2.58 bits per heavy atom. The highest BCUT2D eigenvalue weighted by Gasteiger charge is 2.11. The summed E-state index contributed by atoms with van der Waals surface area (Å²) in [5.41, 5.74) is 1.71. The molecule has 7 heteroatoms. The van der Waals surface area contributed by atoms with Crippen molar-refractivity contribution in [1.29, 1.82) is 0 Å². The van der Waals surface area contributed by atoms with E-state index in [-0.39, 0.29) is 0 Å². The Kier molecular flexibility index (Phi) is 5.25. The van der Waals surface area contributed by atoms with E-state index in [1.165, 1.54) is 10.9 Å². The first-order valence-corrected chi connectivity index (χ1v) is 8.20. The smallest absolute Gasteiger partial charge is 0.216 e. The molecule has 0 unspecified atom stereocenters. The zero-order chi connectivity index (χ0) is 16.9. The third kappa shape index (κ3) is 3.82. The number of nitrogens with zero attached hydrogens (tertiary/aromatic N) is 3. The van der Waals surface area contributed by atoms with Crippen LogP contribution in [0.1, 0.15) is 5.56 Å². The third-order valence-corrected chi connectivity index (χ3v) is 3.97. The second-order valence-electron chi connectivity index (χ2n) is 4.83. The lowest BCUT2D eigenvalue weighted by Crippen LogP contribution is -1.95. The van der Waals surface area contributed by atoms with Gasteiger partial charge in [-0.2, -0.15) is 14.9 Å². The molecular weight excluding hydrogens is 363 g/mol. The number of rotatable bonds is 4. The highest BCUT2D eigenvalue weighted by Crippen LogP contribution is 2.25. The number of aromatic amines is 1. The molecule has 0 saturated carbocycles. The van der Waals surface area contributed by atoms with Gasteiger partial charge in [-0.3, -0.25) is 0 Å². The molecule has 2 aromatic carbocycles. The molecule has 4 nitrogen and oxygen atoms in total.